The maximum Gasteiger partial charge on any atom is 0.240 e. The molecule has 0 radical (unpaired) electrons. The molecule has 1 fully saturated rings. The molecule has 0 atom stereocenters. The molecule has 0 bridgehead atoms. The molecule has 0 saturated heterocycles. The number of benzene rings is 2. The molecule has 5 rings (SSSR count). The molecule has 1 saturated carbocycles. The summed E-state index contributed by atoms with van der Waals surface area (Å²) in [5, 5.41) is 5.65. The van der Waals surface area contributed by atoms with Crippen molar-refractivity contribution in [2.24, 2.45) is 5.41 Å². The first-order valence-corrected chi connectivity index (χ1v) is 14.8. The highest BCUT2D eigenvalue weighted by molar-refractivity contribution is 7.19. The Hall–Kier alpha value is -4.26. The van der Waals surface area contributed by atoms with Gasteiger partial charge >= 0.3 is 0 Å². The molecule has 2 N–H and O–H groups in total. The van der Waals surface area contributed by atoms with Gasteiger partial charge in [-0.2, -0.15) is 0 Å². The van der Waals surface area contributed by atoms with E-state index in [1.165, 1.54) is 24.3 Å². The quantitative estimate of drug-likeness (QED) is 0.165. The molecule has 42 heavy (non-hydrogen) atoms. The molecule has 2 heterocycles. The zero-order valence-corrected chi connectivity index (χ0v) is 25.0. The van der Waals surface area contributed by atoms with Gasteiger partial charge in [-0.1, -0.05) is 25.7 Å². The van der Waals surface area contributed by atoms with E-state index in [-0.39, 0.29) is 5.91 Å². The van der Waals surface area contributed by atoms with Gasteiger partial charge in [-0.25, -0.2) is 4.39 Å². The number of nitrogens with zero attached hydrogens (tertiary/aromatic N) is 2. The molecule has 0 unspecified atom stereocenters. The van der Waals surface area contributed by atoms with Crippen LogP contribution in [0.4, 0.5) is 15.8 Å². The van der Waals surface area contributed by atoms with Gasteiger partial charge in [0.25, 0.3) is 0 Å². The maximum absolute atomic E-state index is 13.2. The van der Waals surface area contributed by atoms with E-state index in [2.05, 4.69) is 46.2 Å². The fraction of sp³-hybridized carbons (Fsp3) is 0.303. The average Bonchev–Trinajstić information content (AvgIpc) is 3.68. The average molecular weight is 585 g/mol. The fourth-order valence-corrected chi connectivity index (χ4v) is 5.69. The minimum atomic E-state index is -1.14. The van der Waals surface area contributed by atoms with Crippen molar-refractivity contribution in [2.45, 2.75) is 40.5 Å². The van der Waals surface area contributed by atoms with E-state index in [0.29, 0.717) is 35.7 Å². The molecule has 4 aromatic rings. The Morgan fingerprint density at radius 1 is 1.00 bits per heavy atom. The number of amides is 2. The second-order valence-electron chi connectivity index (χ2n) is 10.4. The van der Waals surface area contributed by atoms with E-state index in [9.17, 15) is 14.0 Å². The van der Waals surface area contributed by atoms with Gasteiger partial charge in [-0.3, -0.25) is 19.5 Å². The summed E-state index contributed by atoms with van der Waals surface area (Å²) >= 11 is 1.55. The molecule has 2 amide bonds. The van der Waals surface area contributed by atoms with Crippen LogP contribution in [0.5, 0.6) is 11.5 Å². The van der Waals surface area contributed by atoms with Gasteiger partial charge < -0.3 is 15.4 Å². The van der Waals surface area contributed by atoms with E-state index >= 15 is 0 Å². The highest BCUT2D eigenvalue weighted by Gasteiger charge is 2.56. The van der Waals surface area contributed by atoms with Crippen LogP contribution in [0.1, 0.15) is 42.7 Å². The summed E-state index contributed by atoms with van der Waals surface area (Å²) < 4.78 is 20.5. The van der Waals surface area contributed by atoms with Crippen molar-refractivity contribution in [2.75, 3.05) is 30.3 Å². The number of carbonyl (C=O) groups is 2. The summed E-state index contributed by atoms with van der Waals surface area (Å²) in [6.07, 6.45) is 2.63. The molecule has 2 aromatic heterocycles. The minimum Gasteiger partial charge on any atom is -0.455 e. The van der Waals surface area contributed by atoms with Crippen LogP contribution >= 0.6 is 11.3 Å². The van der Waals surface area contributed by atoms with Gasteiger partial charge in [0, 0.05) is 23.6 Å². The first-order valence-electron chi connectivity index (χ1n) is 14.0. The topological polar surface area (TPSA) is 83.6 Å². The highest BCUT2D eigenvalue weighted by atomic mass is 32.1. The summed E-state index contributed by atoms with van der Waals surface area (Å²) in [5.41, 5.74) is 2.41. The van der Waals surface area contributed by atoms with Crippen LogP contribution in [-0.2, 0) is 9.59 Å². The molecular weight excluding hydrogens is 551 g/mol. The molecular formula is C33H33FN4O3S. The number of anilines is 2. The van der Waals surface area contributed by atoms with Crippen LogP contribution in [-0.4, -0.2) is 41.3 Å². The second kappa shape index (κ2) is 12.3. The largest absolute Gasteiger partial charge is 0.455 e. The Kier molecular flexibility index (Phi) is 8.57. The van der Waals surface area contributed by atoms with Gasteiger partial charge in [0.05, 0.1) is 21.6 Å². The Balaban J connectivity index is 1.30. The van der Waals surface area contributed by atoms with E-state index < -0.39 is 17.1 Å². The first kappa shape index (κ1) is 29.2. The van der Waals surface area contributed by atoms with Crippen LogP contribution < -0.4 is 15.4 Å². The summed E-state index contributed by atoms with van der Waals surface area (Å²) in [4.78, 5) is 33.8. The van der Waals surface area contributed by atoms with E-state index in [1.54, 1.807) is 17.5 Å². The van der Waals surface area contributed by atoms with Crippen molar-refractivity contribution in [3.05, 3.63) is 76.5 Å². The molecule has 7 nitrogen and oxygen atoms in total. The Labute approximate surface area is 249 Å². The van der Waals surface area contributed by atoms with Crippen molar-refractivity contribution in [3.63, 3.8) is 0 Å². The highest BCUT2D eigenvalue weighted by Crippen LogP contribution is 2.48. The number of pyridine rings is 1. The van der Waals surface area contributed by atoms with E-state index in [0.717, 1.165) is 45.9 Å². The number of halogens is 1. The van der Waals surface area contributed by atoms with Crippen molar-refractivity contribution in [3.8, 4) is 23.3 Å². The second-order valence-corrected chi connectivity index (χ2v) is 11.5. The third-order valence-corrected chi connectivity index (χ3v) is 8.49. The minimum absolute atomic E-state index is 0.362. The lowest BCUT2D eigenvalue weighted by Gasteiger charge is -2.18. The monoisotopic (exact) mass is 584 g/mol. The molecule has 0 spiro atoms. The third-order valence-electron chi connectivity index (χ3n) is 7.44. The summed E-state index contributed by atoms with van der Waals surface area (Å²) in [6.45, 7) is 10.7. The van der Waals surface area contributed by atoms with Crippen LogP contribution in [0.15, 0.2) is 54.7 Å². The molecule has 1 aliphatic carbocycles. The van der Waals surface area contributed by atoms with Gasteiger partial charge in [0.2, 0.25) is 11.8 Å². The number of carbonyl (C=O) groups excluding carboxylic acids is 2. The lowest BCUT2D eigenvalue weighted by Crippen LogP contribution is -2.35. The Morgan fingerprint density at radius 3 is 2.26 bits per heavy atom. The summed E-state index contributed by atoms with van der Waals surface area (Å²) in [5.74, 6) is 6.75. The van der Waals surface area contributed by atoms with Crippen LogP contribution in [0.25, 0.3) is 10.2 Å². The lowest BCUT2D eigenvalue weighted by atomic mass is 10.0. The zero-order chi connectivity index (χ0) is 29.9. The van der Waals surface area contributed by atoms with Crippen LogP contribution in [0, 0.1) is 36.9 Å². The van der Waals surface area contributed by atoms with Gasteiger partial charge in [0.15, 0.2) is 0 Å². The van der Waals surface area contributed by atoms with E-state index in [4.69, 9.17) is 4.74 Å². The smallest absolute Gasteiger partial charge is 0.240 e. The first-order chi connectivity index (χ1) is 20.2. The molecule has 0 aliphatic heterocycles. The summed E-state index contributed by atoms with van der Waals surface area (Å²) in [7, 11) is 0. The van der Waals surface area contributed by atoms with Crippen molar-refractivity contribution < 1.29 is 18.7 Å². The molecule has 2 aromatic carbocycles. The Bertz CT molecular complexity index is 1670. The SMILES string of the molecule is CCN(CC)CC#Cc1cc2nccc(Oc3c(C)cc(NC(=O)C4(C(=O)Nc5ccc(F)cc5)CC4)cc3C)c2s1. The number of rotatable bonds is 9. The van der Waals surface area contributed by atoms with Crippen molar-refractivity contribution >= 4 is 44.7 Å². The lowest BCUT2D eigenvalue weighted by molar-refractivity contribution is -0.131. The van der Waals surface area contributed by atoms with Crippen LogP contribution in [0.3, 0.4) is 0 Å². The van der Waals surface area contributed by atoms with Crippen molar-refractivity contribution in [1.82, 2.24) is 9.88 Å². The van der Waals surface area contributed by atoms with Crippen LogP contribution in [0.2, 0.25) is 0 Å². The number of hydrogen-bond donors (Lipinski definition) is 2. The standard InChI is InChI=1S/C33H33FN4O3S/c1-5-38(6-2)17-7-8-26-20-27-30(42-26)28(13-16-35-27)41-29-21(3)18-25(19-22(29)4)37-32(40)33(14-15-33)31(39)36-24-11-9-23(34)10-12-24/h9-13,16,18-20H,5-6,14-15,17H2,1-4H3,(H,36,39)(H,37,40). The number of aryl methyl sites for hydroxylation is 2. The van der Waals surface area contributed by atoms with E-state index in [1.807, 2.05) is 38.1 Å². The Morgan fingerprint density at radius 2 is 1.64 bits per heavy atom. The fourth-order valence-electron chi connectivity index (χ4n) is 4.75. The number of hydrogen-bond acceptors (Lipinski definition) is 6. The number of thiophene rings is 1. The normalized spacial score (nSPS) is 13.4. The predicted octanol–water partition coefficient (Wildman–Crippen LogP) is 6.90. The van der Waals surface area contributed by atoms with Gasteiger partial charge in [-0.15, -0.1) is 11.3 Å². The molecule has 1 aliphatic rings. The number of aromatic nitrogens is 1. The molecule has 216 valence electrons. The predicted molar refractivity (Wildman–Crippen MR) is 166 cm³/mol. The third kappa shape index (κ3) is 6.30. The van der Waals surface area contributed by atoms with Crippen molar-refractivity contribution in [1.29, 1.82) is 0 Å². The zero-order valence-electron chi connectivity index (χ0n) is 24.1. The summed E-state index contributed by atoms with van der Waals surface area (Å²) in [6, 6.07) is 13.0. The number of nitrogens with one attached hydrogen (secondary N) is 2. The molecule has 9 heteroatoms. The van der Waals surface area contributed by atoms with Gasteiger partial charge in [0.1, 0.15) is 22.7 Å². The number of fused-ring (bicyclic) bond motifs is 1. The van der Waals surface area contributed by atoms with Gasteiger partial charge in [-0.05, 0) is 93.4 Å². The number of ether oxygens (including phenoxy) is 1. The maximum atomic E-state index is 13.2.